The second kappa shape index (κ2) is 8.27. The second-order valence-electron chi connectivity index (χ2n) is 7.20. The van der Waals surface area contributed by atoms with E-state index in [9.17, 15) is 0 Å². The molecule has 4 aromatic carbocycles. The molecular weight excluding hydrogens is 358 g/mol. The molecule has 0 aliphatic carbocycles. The number of benzene rings is 4. The largest absolute Gasteiger partial charge is 0.493 e. The first kappa shape index (κ1) is 18.9. The van der Waals surface area contributed by atoms with E-state index in [4.69, 9.17) is 9.47 Å². The summed E-state index contributed by atoms with van der Waals surface area (Å²) in [5.74, 6) is 2.22. The van der Waals surface area contributed by atoms with Crippen LogP contribution in [-0.4, -0.2) is 7.11 Å². The molecule has 1 N–H and O–H groups in total. The lowest BCUT2D eigenvalue weighted by molar-refractivity contribution is 0.380. The molecule has 0 radical (unpaired) electrons. The zero-order chi connectivity index (χ0) is 20.2. The fraction of sp³-hybridized carbons (Fsp3) is 0.154. The number of ether oxygens (including phenoxy) is 2. The van der Waals surface area contributed by atoms with Crippen LogP contribution in [0.4, 0.5) is 5.69 Å². The van der Waals surface area contributed by atoms with Gasteiger partial charge < -0.3 is 14.8 Å². The van der Waals surface area contributed by atoms with Crippen LogP contribution in [0.3, 0.4) is 0 Å². The van der Waals surface area contributed by atoms with Crippen LogP contribution in [0.2, 0.25) is 0 Å². The minimum absolute atomic E-state index is 0.139. The Hall–Kier alpha value is -3.46. The number of anilines is 1. The lowest BCUT2D eigenvalue weighted by atomic mass is 10.1. The van der Waals surface area contributed by atoms with Crippen molar-refractivity contribution >= 4 is 16.5 Å². The zero-order valence-corrected chi connectivity index (χ0v) is 17.0. The van der Waals surface area contributed by atoms with Crippen LogP contribution in [0.1, 0.15) is 24.1 Å². The number of hydrogen-bond acceptors (Lipinski definition) is 3. The summed E-state index contributed by atoms with van der Waals surface area (Å²) in [7, 11) is 1.67. The van der Waals surface area contributed by atoms with Crippen molar-refractivity contribution in [3.63, 3.8) is 0 Å². The number of fused-ring (bicyclic) bond motifs is 1. The van der Waals surface area contributed by atoms with E-state index in [0.29, 0.717) is 5.75 Å². The van der Waals surface area contributed by atoms with E-state index in [2.05, 4.69) is 60.8 Å². The molecule has 4 aromatic rings. The van der Waals surface area contributed by atoms with E-state index in [1.807, 2.05) is 43.3 Å². The number of hydrogen-bond donors (Lipinski definition) is 1. The minimum atomic E-state index is 0.139. The van der Waals surface area contributed by atoms with Crippen molar-refractivity contribution in [3.05, 3.63) is 96.1 Å². The van der Waals surface area contributed by atoms with E-state index < -0.39 is 0 Å². The lowest BCUT2D eigenvalue weighted by Gasteiger charge is -2.21. The van der Waals surface area contributed by atoms with E-state index in [1.165, 1.54) is 5.56 Å². The average Bonchev–Trinajstić information content (AvgIpc) is 2.76. The summed E-state index contributed by atoms with van der Waals surface area (Å²) in [4.78, 5) is 0. The summed E-state index contributed by atoms with van der Waals surface area (Å²) in [6, 6.07) is 29.0. The van der Waals surface area contributed by atoms with Crippen LogP contribution in [0, 0.1) is 6.92 Å². The number of rotatable bonds is 6. The van der Waals surface area contributed by atoms with Crippen LogP contribution >= 0.6 is 0 Å². The third-order valence-electron chi connectivity index (χ3n) is 5.08. The van der Waals surface area contributed by atoms with Gasteiger partial charge in [0.05, 0.1) is 12.8 Å². The van der Waals surface area contributed by atoms with E-state index in [1.54, 1.807) is 7.11 Å². The third-order valence-corrected chi connectivity index (χ3v) is 5.08. The summed E-state index contributed by atoms with van der Waals surface area (Å²) < 4.78 is 12.0. The number of aryl methyl sites for hydroxylation is 1. The Morgan fingerprint density at radius 2 is 1.55 bits per heavy atom. The first-order chi connectivity index (χ1) is 14.2. The van der Waals surface area contributed by atoms with Gasteiger partial charge in [-0.25, -0.2) is 0 Å². The highest BCUT2D eigenvalue weighted by Gasteiger charge is 2.15. The first-order valence-corrected chi connectivity index (χ1v) is 9.81. The molecule has 3 heteroatoms. The predicted molar refractivity (Wildman–Crippen MR) is 120 cm³/mol. The first-order valence-electron chi connectivity index (χ1n) is 9.81. The fourth-order valence-electron chi connectivity index (χ4n) is 3.49. The normalized spacial score (nSPS) is 11.8. The van der Waals surface area contributed by atoms with Gasteiger partial charge >= 0.3 is 0 Å². The summed E-state index contributed by atoms with van der Waals surface area (Å²) >= 11 is 0. The van der Waals surface area contributed by atoms with Gasteiger partial charge in [0.25, 0.3) is 0 Å². The van der Waals surface area contributed by atoms with Crippen molar-refractivity contribution in [2.24, 2.45) is 0 Å². The van der Waals surface area contributed by atoms with Crippen LogP contribution in [-0.2, 0) is 0 Å². The Morgan fingerprint density at radius 3 is 2.34 bits per heavy atom. The maximum Gasteiger partial charge on any atom is 0.169 e. The minimum Gasteiger partial charge on any atom is -0.493 e. The van der Waals surface area contributed by atoms with Crippen LogP contribution in [0.25, 0.3) is 10.8 Å². The predicted octanol–water partition coefficient (Wildman–Crippen LogP) is 7.12. The number of nitrogens with one attached hydrogen (secondary N) is 1. The molecule has 0 aliphatic rings. The molecule has 0 fully saturated rings. The van der Waals surface area contributed by atoms with Gasteiger partial charge in [0.1, 0.15) is 0 Å². The summed E-state index contributed by atoms with van der Waals surface area (Å²) in [6.45, 7) is 4.19. The quantitative estimate of drug-likeness (QED) is 0.384. The van der Waals surface area contributed by atoms with Crippen molar-refractivity contribution in [1.29, 1.82) is 0 Å². The molecule has 4 rings (SSSR count). The van der Waals surface area contributed by atoms with Crippen LogP contribution in [0.5, 0.6) is 17.2 Å². The molecule has 146 valence electrons. The Kier molecular flexibility index (Phi) is 5.39. The third kappa shape index (κ3) is 4.04. The molecule has 3 nitrogen and oxygen atoms in total. The van der Waals surface area contributed by atoms with Crippen LogP contribution in [0.15, 0.2) is 84.9 Å². The Labute approximate surface area is 171 Å². The Bertz CT molecular complexity index is 1120. The molecule has 1 atom stereocenters. The highest BCUT2D eigenvalue weighted by atomic mass is 16.5. The molecule has 0 saturated heterocycles. The lowest BCUT2D eigenvalue weighted by Crippen LogP contribution is -2.07. The van der Waals surface area contributed by atoms with E-state index >= 15 is 0 Å². The molecule has 0 heterocycles. The second-order valence-corrected chi connectivity index (χ2v) is 7.20. The molecular formula is C26H25NO2. The van der Waals surface area contributed by atoms with Crippen molar-refractivity contribution < 1.29 is 9.47 Å². The SMILES string of the molecule is COc1cc(C)ccc1Oc1c(NC(C)c2ccccc2)ccc2ccccc12. The molecule has 0 spiro atoms. The van der Waals surface area contributed by atoms with Gasteiger partial charge in [0.15, 0.2) is 17.2 Å². The fourth-order valence-corrected chi connectivity index (χ4v) is 3.49. The molecule has 29 heavy (non-hydrogen) atoms. The smallest absolute Gasteiger partial charge is 0.169 e. The van der Waals surface area contributed by atoms with Gasteiger partial charge in [-0.15, -0.1) is 0 Å². The van der Waals surface area contributed by atoms with Gasteiger partial charge in [-0.2, -0.15) is 0 Å². The van der Waals surface area contributed by atoms with Gasteiger partial charge in [-0.3, -0.25) is 0 Å². The molecule has 0 saturated carbocycles. The maximum atomic E-state index is 6.45. The summed E-state index contributed by atoms with van der Waals surface area (Å²) in [5, 5.41) is 5.81. The molecule has 0 amide bonds. The zero-order valence-electron chi connectivity index (χ0n) is 17.0. The van der Waals surface area contributed by atoms with Crippen molar-refractivity contribution in [3.8, 4) is 17.2 Å². The van der Waals surface area contributed by atoms with E-state index in [0.717, 1.165) is 33.5 Å². The standard InChI is InChI=1S/C26H25NO2/c1-18-13-16-24(25(17-18)28-3)29-26-22-12-8-7-11-21(22)14-15-23(26)27-19(2)20-9-5-4-6-10-20/h4-17,19,27H,1-3H3. The monoisotopic (exact) mass is 383 g/mol. The average molecular weight is 383 g/mol. The van der Waals surface area contributed by atoms with Gasteiger partial charge in [-0.05, 0) is 48.6 Å². The van der Waals surface area contributed by atoms with Gasteiger partial charge in [-0.1, -0.05) is 66.7 Å². The van der Waals surface area contributed by atoms with Crippen molar-refractivity contribution in [1.82, 2.24) is 0 Å². The molecule has 0 aromatic heterocycles. The van der Waals surface area contributed by atoms with Gasteiger partial charge in [0.2, 0.25) is 0 Å². The molecule has 0 aliphatic heterocycles. The van der Waals surface area contributed by atoms with Crippen LogP contribution < -0.4 is 14.8 Å². The highest BCUT2D eigenvalue weighted by molar-refractivity contribution is 5.94. The van der Waals surface area contributed by atoms with Crippen molar-refractivity contribution in [2.45, 2.75) is 19.9 Å². The van der Waals surface area contributed by atoms with Gasteiger partial charge in [0, 0.05) is 11.4 Å². The number of methoxy groups -OCH3 is 1. The maximum absolute atomic E-state index is 6.45. The summed E-state index contributed by atoms with van der Waals surface area (Å²) in [5.41, 5.74) is 3.30. The topological polar surface area (TPSA) is 30.5 Å². The highest BCUT2D eigenvalue weighted by Crippen LogP contribution is 2.41. The van der Waals surface area contributed by atoms with Crippen molar-refractivity contribution in [2.75, 3.05) is 12.4 Å². The molecule has 0 bridgehead atoms. The Morgan fingerprint density at radius 1 is 0.793 bits per heavy atom. The Balaban J connectivity index is 1.77. The molecule has 1 unspecified atom stereocenters. The van der Waals surface area contributed by atoms with E-state index in [-0.39, 0.29) is 6.04 Å². The summed E-state index contributed by atoms with van der Waals surface area (Å²) in [6.07, 6.45) is 0.